The maximum absolute atomic E-state index is 13.0. The SMILES string of the molecule is Cc1ccccc1Nc1nn(-c2ccc(Cl)cc2)c2c1C(=O)CC(C)(C)C2. The Morgan fingerprint density at radius 2 is 1.78 bits per heavy atom. The Morgan fingerprint density at radius 1 is 1.07 bits per heavy atom. The van der Waals surface area contributed by atoms with Crippen molar-refractivity contribution in [2.24, 2.45) is 5.41 Å². The van der Waals surface area contributed by atoms with Crippen molar-refractivity contribution < 1.29 is 4.79 Å². The van der Waals surface area contributed by atoms with E-state index in [2.05, 4.69) is 19.2 Å². The summed E-state index contributed by atoms with van der Waals surface area (Å²) in [6.07, 6.45) is 1.31. The maximum Gasteiger partial charge on any atom is 0.169 e. The van der Waals surface area contributed by atoms with Gasteiger partial charge >= 0.3 is 0 Å². The lowest BCUT2D eigenvalue weighted by molar-refractivity contribution is 0.0912. The highest BCUT2D eigenvalue weighted by atomic mass is 35.5. The monoisotopic (exact) mass is 379 g/mol. The summed E-state index contributed by atoms with van der Waals surface area (Å²) in [6, 6.07) is 15.6. The van der Waals surface area contributed by atoms with Crippen LogP contribution in [0.4, 0.5) is 11.5 Å². The molecule has 0 fully saturated rings. The number of benzene rings is 2. The quantitative estimate of drug-likeness (QED) is 0.631. The van der Waals surface area contributed by atoms with Gasteiger partial charge < -0.3 is 5.32 Å². The van der Waals surface area contributed by atoms with Gasteiger partial charge in [0.25, 0.3) is 0 Å². The number of hydrogen-bond acceptors (Lipinski definition) is 3. The number of carbonyl (C=O) groups is 1. The fourth-order valence-electron chi connectivity index (χ4n) is 3.67. The van der Waals surface area contributed by atoms with E-state index in [-0.39, 0.29) is 11.2 Å². The number of Topliss-reactive ketones (excluding diaryl/α,β-unsaturated/α-hetero) is 1. The van der Waals surface area contributed by atoms with E-state index in [4.69, 9.17) is 16.7 Å². The Kier molecular flexibility index (Phi) is 4.31. The van der Waals surface area contributed by atoms with E-state index in [1.165, 1.54) is 0 Å². The van der Waals surface area contributed by atoms with Crippen LogP contribution in [0.15, 0.2) is 48.5 Å². The smallest absolute Gasteiger partial charge is 0.169 e. The van der Waals surface area contributed by atoms with E-state index < -0.39 is 0 Å². The van der Waals surface area contributed by atoms with Crippen LogP contribution in [0.3, 0.4) is 0 Å². The molecule has 2 aromatic carbocycles. The minimum absolute atomic E-state index is 0.0891. The first-order valence-electron chi connectivity index (χ1n) is 9.08. The van der Waals surface area contributed by atoms with Crippen molar-refractivity contribution in [2.75, 3.05) is 5.32 Å². The van der Waals surface area contributed by atoms with Gasteiger partial charge in [-0.05, 0) is 54.7 Å². The number of nitrogens with zero attached hydrogens (tertiary/aromatic N) is 2. The largest absolute Gasteiger partial charge is 0.338 e. The third-order valence-electron chi connectivity index (χ3n) is 5.01. The maximum atomic E-state index is 13.0. The van der Waals surface area contributed by atoms with Gasteiger partial charge in [-0.15, -0.1) is 5.10 Å². The summed E-state index contributed by atoms with van der Waals surface area (Å²) in [5, 5.41) is 8.84. The molecular formula is C22H22ClN3O. The van der Waals surface area contributed by atoms with Gasteiger partial charge in [-0.1, -0.05) is 43.6 Å². The van der Waals surface area contributed by atoms with Gasteiger partial charge in [0.1, 0.15) is 0 Å². The average Bonchev–Trinajstić information content (AvgIpc) is 2.95. The molecule has 1 aliphatic carbocycles. The summed E-state index contributed by atoms with van der Waals surface area (Å²) in [5.74, 6) is 0.757. The van der Waals surface area contributed by atoms with Crippen molar-refractivity contribution >= 4 is 28.9 Å². The molecule has 0 spiro atoms. The van der Waals surface area contributed by atoms with Gasteiger partial charge in [0, 0.05) is 17.1 Å². The van der Waals surface area contributed by atoms with Crippen LogP contribution in [0.1, 0.15) is 41.9 Å². The number of aryl methyl sites for hydroxylation is 1. The molecular weight excluding hydrogens is 358 g/mol. The van der Waals surface area contributed by atoms with E-state index in [0.717, 1.165) is 29.1 Å². The summed E-state index contributed by atoms with van der Waals surface area (Å²) >= 11 is 6.04. The van der Waals surface area contributed by atoms with Gasteiger partial charge in [-0.2, -0.15) is 0 Å². The number of ketones is 1. The Morgan fingerprint density at radius 3 is 2.48 bits per heavy atom. The van der Waals surface area contributed by atoms with E-state index in [1.54, 1.807) is 0 Å². The van der Waals surface area contributed by atoms with E-state index in [9.17, 15) is 4.79 Å². The molecule has 0 amide bonds. The molecule has 1 N–H and O–H groups in total. The van der Waals surface area contributed by atoms with Crippen molar-refractivity contribution in [2.45, 2.75) is 33.6 Å². The van der Waals surface area contributed by atoms with Crippen LogP contribution in [-0.4, -0.2) is 15.6 Å². The second-order valence-electron chi connectivity index (χ2n) is 7.94. The molecule has 4 rings (SSSR count). The summed E-state index contributed by atoms with van der Waals surface area (Å²) in [6.45, 7) is 6.29. The normalized spacial score (nSPS) is 15.5. The zero-order chi connectivity index (χ0) is 19.2. The molecule has 1 aliphatic rings. The van der Waals surface area contributed by atoms with E-state index >= 15 is 0 Å². The highest BCUT2D eigenvalue weighted by Crippen LogP contribution is 2.39. The molecule has 0 radical (unpaired) electrons. The second-order valence-corrected chi connectivity index (χ2v) is 8.38. The predicted molar refractivity (Wildman–Crippen MR) is 109 cm³/mol. The highest BCUT2D eigenvalue weighted by Gasteiger charge is 2.37. The number of hydrogen-bond donors (Lipinski definition) is 1. The number of aromatic nitrogens is 2. The third-order valence-corrected chi connectivity index (χ3v) is 5.27. The predicted octanol–water partition coefficient (Wildman–Crippen LogP) is 5.73. The molecule has 0 saturated heterocycles. The lowest BCUT2D eigenvalue weighted by Crippen LogP contribution is -2.28. The van der Waals surface area contributed by atoms with Crippen molar-refractivity contribution in [3.05, 3.63) is 70.4 Å². The molecule has 5 heteroatoms. The van der Waals surface area contributed by atoms with Gasteiger partial charge in [-0.25, -0.2) is 4.68 Å². The Balaban J connectivity index is 1.86. The second kappa shape index (κ2) is 6.54. The van der Waals surface area contributed by atoms with Crippen LogP contribution in [0, 0.1) is 12.3 Å². The Bertz CT molecular complexity index is 1020. The fraction of sp³-hybridized carbons (Fsp3) is 0.273. The number of fused-ring (bicyclic) bond motifs is 1. The number of anilines is 2. The zero-order valence-corrected chi connectivity index (χ0v) is 16.5. The van der Waals surface area contributed by atoms with Crippen molar-refractivity contribution in [1.82, 2.24) is 9.78 Å². The van der Waals surface area contributed by atoms with Crippen molar-refractivity contribution in [1.29, 1.82) is 0 Å². The topological polar surface area (TPSA) is 46.9 Å². The first-order valence-corrected chi connectivity index (χ1v) is 9.45. The molecule has 0 unspecified atom stereocenters. The molecule has 4 nitrogen and oxygen atoms in total. The highest BCUT2D eigenvalue weighted by molar-refractivity contribution is 6.30. The standard InChI is InChI=1S/C22H22ClN3O/c1-14-6-4-5-7-17(14)24-21-20-18(12-22(2,3)13-19(20)27)26(25-21)16-10-8-15(23)9-11-16/h4-11H,12-13H2,1-3H3,(H,24,25). The summed E-state index contributed by atoms with van der Waals surface area (Å²) < 4.78 is 1.88. The summed E-state index contributed by atoms with van der Waals surface area (Å²) in [7, 11) is 0. The number of carbonyl (C=O) groups excluding carboxylic acids is 1. The van der Waals surface area contributed by atoms with Crippen LogP contribution >= 0.6 is 11.6 Å². The minimum atomic E-state index is -0.0891. The van der Waals surface area contributed by atoms with Crippen LogP contribution in [0.25, 0.3) is 5.69 Å². The van der Waals surface area contributed by atoms with Crippen molar-refractivity contribution in [3.8, 4) is 5.69 Å². The van der Waals surface area contributed by atoms with Crippen LogP contribution in [0.2, 0.25) is 5.02 Å². The molecule has 27 heavy (non-hydrogen) atoms. The lowest BCUT2D eigenvalue weighted by Gasteiger charge is -2.29. The number of rotatable bonds is 3. The van der Waals surface area contributed by atoms with Gasteiger partial charge in [0.15, 0.2) is 11.6 Å². The fourth-order valence-corrected chi connectivity index (χ4v) is 3.80. The summed E-state index contributed by atoms with van der Waals surface area (Å²) in [4.78, 5) is 13.0. The number of halogens is 1. The first-order chi connectivity index (χ1) is 12.8. The zero-order valence-electron chi connectivity index (χ0n) is 15.7. The Labute approximate surface area is 164 Å². The molecule has 0 saturated carbocycles. The van der Waals surface area contributed by atoms with Gasteiger partial charge in [-0.3, -0.25) is 4.79 Å². The van der Waals surface area contributed by atoms with Gasteiger partial charge in [0.05, 0.1) is 16.9 Å². The molecule has 1 aromatic heterocycles. The molecule has 0 atom stereocenters. The number of para-hydroxylation sites is 1. The third kappa shape index (κ3) is 3.37. The van der Waals surface area contributed by atoms with Crippen LogP contribution < -0.4 is 5.32 Å². The Hall–Kier alpha value is -2.59. The van der Waals surface area contributed by atoms with E-state index in [0.29, 0.717) is 22.8 Å². The molecule has 0 bridgehead atoms. The molecule has 138 valence electrons. The number of nitrogens with one attached hydrogen (secondary N) is 1. The van der Waals surface area contributed by atoms with E-state index in [1.807, 2.05) is 60.1 Å². The molecule has 1 heterocycles. The molecule has 0 aliphatic heterocycles. The van der Waals surface area contributed by atoms with Crippen LogP contribution in [0.5, 0.6) is 0 Å². The van der Waals surface area contributed by atoms with Gasteiger partial charge in [0.2, 0.25) is 0 Å². The minimum Gasteiger partial charge on any atom is -0.338 e. The lowest BCUT2D eigenvalue weighted by atomic mass is 9.76. The molecule has 3 aromatic rings. The van der Waals surface area contributed by atoms with Crippen molar-refractivity contribution in [3.63, 3.8) is 0 Å². The van der Waals surface area contributed by atoms with Crippen LogP contribution in [-0.2, 0) is 6.42 Å². The first kappa shape index (κ1) is 17.8. The summed E-state index contributed by atoms with van der Waals surface area (Å²) in [5.41, 5.74) is 4.53. The average molecular weight is 380 g/mol.